The van der Waals surface area contributed by atoms with Crippen molar-refractivity contribution >= 4 is 22.7 Å². The summed E-state index contributed by atoms with van der Waals surface area (Å²) >= 11 is 3.74. The third-order valence-electron chi connectivity index (χ3n) is 6.66. The molecular weight excluding hydrogens is 412 g/mol. The lowest BCUT2D eigenvalue weighted by atomic mass is 9.91. The summed E-state index contributed by atoms with van der Waals surface area (Å²) in [7, 11) is 0. The number of rotatable bonds is 12. The van der Waals surface area contributed by atoms with E-state index in [1.165, 1.54) is 95.5 Å². The van der Waals surface area contributed by atoms with Gasteiger partial charge in [-0.3, -0.25) is 0 Å². The molecule has 2 heteroatoms. The zero-order valence-electron chi connectivity index (χ0n) is 21.1. The van der Waals surface area contributed by atoms with Gasteiger partial charge in [-0.25, -0.2) is 0 Å². The summed E-state index contributed by atoms with van der Waals surface area (Å²) in [4.78, 5) is 4.04. The number of hydrogen-bond acceptors (Lipinski definition) is 2. The molecule has 0 aliphatic heterocycles. The van der Waals surface area contributed by atoms with Gasteiger partial charge in [-0.05, 0) is 84.9 Å². The monoisotopic (exact) mass is 456 g/mol. The van der Waals surface area contributed by atoms with Gasteiger partial charge in [0, 0.05) is 4.88 Å². The van der Waals surface area contributed by atoms with Crippen LogP contribution in [0, 0.1) is 32.6 Å². The molecule has 0 N–H and O–H groups in total. The minimum absolute atomic E-state index is 0.609. The molecule has 0 aliphatic rings. The fourth-order valence-corrected chi connectivity index (χ4v) is 6.98. The van der Waals surface area contributed by atoms with E-state index in [0.717, 1.165) is 0 Å². The predicted molar refractivity (Wildman–Crippen MR) is 143 cm³/mol. The van der Waals surface area contributed by atoms with Crippen molar-refractivity contribution < 1.29 is 0 Å². The molecule has 31 heavy (non-hydrogen) atoms. The molecule has 0 fully saturated rings. The Hall–Kier alpha value is -1.04. The largest absolute Gasteiger partial charge is 0.135 e. The van der Waals surface area contributed by atoms with E-state index in [1.54, 1.807) is 5.56 Å². The minimum Gasteiger partial charge on any atom is -0.135 e. The van der Waals surface area contributed by atoms with Crippen LogP contribution in [-0.2, 0) is 0 Å². The molecule has 0 saturated carbocycles. The maximum atomic E-state index is 3.59. The van der Waals surface area contributed by atoms with Gasteiger partial charge in [0.05, 0.1) is 9.75 Å². The van der Waals surface area contributed by atoms with Crippen LogP contribution in [0.4, 0.5) is 0 Å². The van der Waals surface area contributed by atoms with Crippen LogP contribution < -0.4 is 0 Å². The Morgan fingerprint density at radius 1 is 0.742 bits per heavy atom. The van der Waals surface area contributed by atoms with Crippen LogP contribution in [0.2, 0.25) is 0 Å². The Kier molecular flexibility index (Phi) is 11.4. The van der Waals surface area contributed by atoms with Crippen LogP contribution in [0.25, 0.3) is 0 Å². The van der Waals surface area contributed by atoms with Gasteiger partial charge < -0.3 is 0 Å². The Morgan fingerprint density at radius 3 is 1.87 bits per heavy atom. The molecule has 0 nitrogen and oxygen atoms in total. The lowest BCUT2D eigenvalue weighted by Crippen LogP contribution is -1.97. The normalized spacial score (nSPS) is 13.1. The van der Waals surface area contributed by atoms with E-state index in [4.69, 9.17) is 0 Å². The number of aryl methyl sites for hydroxylation is 2. The molecule has 2 rings (SSSR count). The Morgan fingerprint density at radius 2 is 1.29 bits per heavy atom. The Labute approximate surface area is 200 Å². The van der Waals surface area contributed by atoms with Crippen LogP contribution in [0.5, 0.6) is 0 Å². The van der Waals surface area contributed by atoms with E-state index in [2.05, 4.69) is 65.7 Å². The first-order valence-electron chi connectivity index (χ1n) is 12.6. The van der Waals surface area contributed by atoms with Crippen molar-refractivity contribution in [2.75, 3.05) is 0 Å². The second-order valence-corrected chi connectivity index (χ2v) is 11.5. The van der Waals surface area contributed by atoms with Crippen molar-refractivity contribution in [2.24, 2.45) is 0 Å². The van der Waals surface area contributed by atoms with Gasteiger partial charge in [0.1, 0.15) is 0 Å². The maximum Gasteiger partial charge on any atom is 0.0809 e. The van der Waals surface area contributed by atoms with Crippen LogP contribution in [0.3, 0.4) is 0 Å². The molecule has 172 valence electrons. The number of thiophene rings is 2. The van der Waals surface area contributed by atoms with Crippen molar-refractivity contribution in [1.29, 1.82) is 0 Å². The van der Waals surface area contributed by atoms with Crippen molar-refractivity contribution in [1.82, 2.24) is 0 Å². The van der Waals surface area contributed by atoms with E-state index in [-0.39, 0.29) is 0 Å². The molecule has 2 aromatic rings. The van der Waals surface area contributed by atoms with Gasteiger partial charge in [-0.1, -0.05) is 79.1 Å². The summed E-state index contributed by atoms with van der Waals surface area (Å²) in [5.41, 5.74) is 5.93. The lowest BCUT2D eigenvalue weighted by Gasteiger charge is -2.13. The lowest BCUT2D eigenvalue weighted by molar-refractivity contribution is 0.578. The van der Waals surface area contributed by atoms with E-state index in [1.807, 2.05) is 22.7 Å². The first kappa shape index (κ1) is 26.2. The average molecular weight is 457 g/mol. The molecule has 2 heterocycles. The third kappa shape index (κ3) is 7.50. The summed E-state index contributed by atoms with van der Waals surface area (Å²) < 4.78 is 0. The van der Waals surface area contributed by atoms with E-state index < -0.39 is 0 Å². The van der Waals surface area contributed by atoms with Crippen LogP contribution in [0.15, 0.2) is 5.38 Å². The Balaban J connectivity index is 2.14. The minimum atomic E-state index is 0.609. The SMILES string of the molecule is CCCCCCC(C)c1c(C)csc1C#Cc1sc(C)c(C(C)CCCCCC)c1C. The second kappa shape index (κ2) is 13.5. The summed E-state index contributed by atoms with van der Waals surface area (Å²) in [5, 5.41) is 2.30. The summed E-state index contributed by atoms with van der Waals surface area (Å²) in [5.74, 6) is 8.43. The van der Waals surface area contributed by atoms with Gasteiger partial charge in [0.15, 0.2) is 0 Å². The van der Waals surface area contributed by atoms with Gasteiger partial charge >= 0.3 is 0 Å². The van der Waals surface area contributed by atoms with Gasteiger partial charge in [-0.2, -0.15) is 0 Å². The molecule has 0 aliphatic carbocycles. The highest BCUT2D eigenvalue weighted by atomic mass is 32.1. The first-order valence-corrected chi connectivity index (χ1v) is 14.3. The summed E-state index contributed by atoms with van der Waals surface area (Å²) in [6.45, 7) is 16.2. The standard InChI is InChI=1S/C29H44S2/c1-8-10-12-14-16-21(3)28-23(5)20-30-27(28)19-18-26-24(6)29(25(7)31-26)22(4)17-15-13-11-9-2/h20-22H,8-17H2,1-7H3. The van der Waals surface area contributed by atoms with Crippen molar-refractivity contribution in [2.45, 2.75) is 125 Å². The van der Waals surface area contributed by atoms with E-state index in [0.29, 0.717) is 11.8 Å². The predicted octanol–water partition coefficient (Wildman–Crippen LogP) is 10.3. The summed E-state index contributed by atoms with van der Waals surface area (Å²) in [6, 6.07) is 0. The van der Waals surface area contributed by atoms with E-state index in [9.17, 15) is 0 Å². The second-order valence-electron chi connectivity index (χ2n) is 9.44. The molecule has 2 aromatic heterocycles. The quantitative estimate of drug-likeness (QED) is 0.220. The highest BCUT2D eigenvalue weighted by Crippen LogP contribution is 2.36. The van der Waals surface area contributed by atoms with Crippen molar-refractivity contribution in [3.63, 3.8) is 0 Å². The fourth-order valence-electron chi connectivity index (χ4n) is 4.83. The molecule has 0 saturated heterocycles. The number of unbranched alkanes of at least 4 members (excludes halogenated alkanes) is 6. The highest BCUT2D eigenvalue weighted by Gasteiger charge is 2.18. The van der Waals surface area contributed by atoms with Crippen molar-refractivity contribution in [3.05, 3.63) is 42.3 Å². The van der Waals surface area contributed by atoms with Crippen LogP contribution >= 0.6 is 22.7 Å². The van der Waals surface area contributed by atoms with E-state index >= 15 is 0 Å². The molecule has 0 amide bonds. The summed E-state index contributed by atoms with van der Waals surface area (Å²) in [6.07, 6.45) is 13.3. The van der Waals surface area contributed by atoms with Gasteiger partial charge in [0.25, 0.3) is 0 Å². The molecule has 0 bridgehead atoms. The van der Waals surface area contributed by atoms with Gasteiger partial charge in [-0.15, -0.1) is 22.7 Å². The third-order valence-corrected chi connectivity index (χ3v) is 8.83. The molecule has 2 atom stereocenters. The molecule has 0 spiro atoms. The highest BCUT2D eigenvalue weighted by molar-refractivity contribution is 7.13. The molecule has 0 radical (unpaired) electrons. The average Bonchev–Trinajstić information content (AvgIpc) is 3.25. The number of hydrogen-bond donors (Lipinski definition) is 0. The van der Waals surface area contributed by atoms with Crippen LogP contribution in [0.1, 0.15) is 141 Å². The Bertz CT molecular complexity index is 855. The molecule has 2 unspecified atom stereocenters. The zero-order chi connectivity index (χ0) is 22.8. The van der Waals surface area contributed by atoms with Gasteiger partial charge in [0.2, 0.25) is 0 Å². The zero-order valence-corrected chi connectivity index (χ0v) is 22.8. The maximum absolute atomic E-state index is 3.59. The first-order chi connectivity index (χ1) is 14.9. The molecule has 0 aromatic carbocycles. The van der Waals surface area contributed by atoms with Crippen LogP contribution in [-0.4, -0.2) is 0 Å². The molecular formula is C29H44S2. The van der Waals surface area contributed by atoms with Crippen molar-refractivity contribution in [3.8, 4) is 11.8 Å². The smallest absolute Gasteiger partial charge is 0.0809 e. The fraction of sp³-hybridized carbons (Fsp3) is 0.655. The topological polar surface area (TPSA) is 0 Å².